The van der Waals surface area contributed by atoms with Crippen LogP contribution in [0.25, 0.3) is 0 Å². The molecule has 21 heavy (non-hydrogen) atoms. The van der Waals surface area contributed by atoms with Crippen LogP contribution in [0.1, 0.15) is 29.1 Å². The molecule has 2 rings (SSSR count). The van der Waals surface area contributed by atoms with Crippen molar-refractivity contribution in [2.75, 3.05) is 24.1 Å². The lowest BCUT2D eigenvalue weighted by Gasteiger charge is -2.04. The fourth-order valence-electron chi connectivity index (χ4n) is 1.70. The van der Waals surface area contributed by atoms with Crippen LogP contribution in [0.5, 0.6) is 0 Å². The predicted octanol–water partition coefficient (Wildman–Crippen LogP) is 2.83. The molecule has 4 N–H and O–H groups in total. The molecule has 0 aliphatic rings. The second-order valence-electron chi connectivity index (χ2n) is 5.15. The molecule has 5 nitrogen and oxygen atoms in total. The number of carbonyl (C=O) groups excluding carboxylic acids is 1. The van der Waals surface area contributed by atoms with Crippen LogP contribution in [0.3, 0.4) is 0 Å². The maximum atomic E-state index is 12.1. The summed E-state index contributed by atoms with van der Waals surface area (Å²) < 4.78 is 0. The Morgan fingerprint density at radius 1 is 1.48 bits per heavy atom. The van der Waals surface area contributed by atoms with Gasteiger partial charge in [0.25, 0.3) is 5.91 Å². The zero-order chi connectivity index (χ0) is 15.2. The normalized spacial score (nSPS) is 10.8. The molecule has 0 atom stereocenters. The third-order valence-corrected chi connectivity index (χ3v) is 4.56. The number of amides is 1. The molecule has 0 aromatic carbocycles. The van der Waals surface area contributed by atoms with Gasteiger partial charge in [-0.05, 0) is 34.7 Å². The van der Waals surface area contributed by atoms with Crippen LogP contribution in [0, 0.1) is 5.92 Å². The molecule has 0 saturated heterocycles. The monoisotopic (exact) mass is 324 g/mol. The molecule has 0 saturated carbocycles. The topological polar surface area (TPSA) is 80.0 Å². The smallest absolute Gasteiger partial charge is 0.265 e. The quantitative estimate of drug-likeness (QED) is 0.731. The average Bonchev–Trinajstić information content (AvgIpc) is 3.06. The van der Waals surface area contributed by atoms with Gasteiger partial charge in [-0.25, -0.2) is 4.98 Å². The van der Waals surface area contributed by atoms with Crippen molar-refractivity contribution in [2.24, 2.45) is 5.92 Å². The number of aromatic nitrogens is 1. The first-order chi connectivity index (χ1) is 10.1. The zero-order valence-electron chi connectivity index (χ0n) is 12.2. The van der Waals surface area contributed by atoms with Crippen molar-refractivity contribution in [3.05, 3.63) is 27.3 Å². The van der Waals surface area contributed by atoms with E-state index in [1.54, 1.807) is 11.3 Å². The maximum absolute atomic E-state index is 12.1. The standard InChI is InChI=1S/C14H20N4OS2/c1-9(2)7-17-14-18-12(15)11(21-14)13(19)16-5-3-10-4-6-20-8-10/h4,6,8-9H,3,5,7,15H2,1-2H3,(H,16,19)(H,17,18). The average molecular weight is 324 g/mol. The van der Waals surface area contributed by atoms with Crippen molar-refractivity contribution in [1.29, 1.82) is 0 Å². The summed E-state index contributed by atoms with van der Waals surface area (Å²) in [5, 5.41) is 10.9. The Hall–Kier alpha value is -1.60. The number of thiazole rings is 1. The highest BCUT2D eigenvalue weighted by molar-refractivity contribution is 7.18. The summed E-state index contributed by atoms with van der Waals surface area (Å²) >= 11 is 2.96. The maximum Gasteiger partial charge on any atom is 0.265 e. The summed E-state index contributed by atoms with van der Waals surface area (Å²) in [6.45, 7) is 5.64. The summed E-state index contributed by atoms with van der Waals surface area (Å²) in [6.07, 6.45) is 0.826. The van der Waals surface area contributed by atoms with Gasteiger partial charge in [0.05, 0.1) is 0 Å². The number of nitrogens with one attached hydrogen (secondary N) is 2. The number of nitrogens with two attached hydrogens (primary N) is 1. The molecule has 0 aliphatic heterocycles. The van der Waals surface area contributed by atoms with E-state index in [0.29, 0.717) is 28.3 Å². The number of hydrogen-bond donors (Lipinski definition) is 3. The molecule has 2 aromatic rings. The molecule has 2 aromatic heterocycles. The number of anilines is 2. The van der Waals surface area contributed by atoms with Gasteiger partial charge < -0.3 is 16.4 Å². The Kier molecular flexibility index (Phi) is 5.58. The van der Waals surface area contributed by atoms with Gasteiger partial charge in [-0.2, -0.15) is 11.3 Å². The number of nitrogens with zero attached hydrogens (tertiary/aromatic N) is 1. The Bertz CT molecular complexity index is 578. The SMILES string of the molecule is CC(C)CNc1nc(N)c(C(=O)NCCc2ccsc2)s1. The van der Waals surface area contributed by atoms with E-state index in [2.05, 4.69) is 40.9 Å². The van der Waals surface area contributed by atoms with Gasteiger partial charge in [0, 0.05) is 13.1 Å². The minimum Gasteiger partial charge on any atom is -0.382 e. The van der Waals surface area contributed by atoms with Gasteiger partial charge in [-0.3, -0.25) is 4.79 Å². The third kappa shape index (κ3) is 4.71. The first kappa shape index (κ1) is 15.8. The molecule has 0 unspecified atom stereocenters. The second kappa shape index (κ2) is 7.42. The van der Waals surface area contributed by atoms with Gasteiger partial charge in [-0.15, -0.1) is 0 Å². The van der Waals surface area contributed by atoms with E-state index >= 15 is 0 Å². The number of rotatable bonds is 7. The van der Waals surface area contributed by atoms with Gasteiger partial charge >= 0.3 is 0 Å². The van der Waals surface area contributed by atoms with Crippen LogP contribution in [0.4, 0.5) is 10.9 Å². The van der Waals surface area contributed by atoms with Gasteiger partial charge in [0.1, 0.15) is 10.7 Å². The first-order valence-corrected chi connectivity index (χ1v) is 8.61. The molecular weight excluding hydrogens is 304 g/mol. The van der Waals surface area contributed by atoms with Crippen molar-refractivity contribution in [2.45, 2.75) is 20.3 Å². The Morgan fingerprint density at radius 2 is 2.29 bits per heavy atom. The van der Waals surface area contributed by atoms with E-state index < -0.39 is 0 Å². The van der Waals surface area contributed by atoms with E-state index in [0.717, 1.165) is 13.0 Å². The zero-order valence-corrected chi connectivity index (χ0v) is 13.8. The van der Waals surface area contributed by atoms with Crippen LogP contribution in [-0.4, -0.2) is 24.0 Å². The summed E-state index contributed by atoms with van der Waals surface area (Å²) in [5.41, 5.74) is 7.05. The van der Waals surface area contributed by atoms with E-state index in [-0.39, 0.29) is 5.91 Å². The predicted molar refractivity (Wildman–Crippen MR) is 90.2 cm³/mol. The van der Waals surface area contributed by atoms with E-state index in [4.69, 9.17) is 5.73 Å². The summed E-state index contributed by atoms with van der Waals surface area (Å²) in [6, 6.07) is 2.06. The van der Waals surface area contributed by atoms with E-state index in [1.165, 1.54) is 16.9 Å². The van der Waals surface area contributed by atoms with E-state index in [1.807, 2.05) is 5.38 Å². The third-order valence-electron chi connectivity index (χ3n) is 2.80. The molecule has 2 heterocycles. The fraction of sp³-hybridized carbons (Fsp3) is 0.429. The number of nitrogen functional groups attached to an aromatic ring is 1. The molecule has 0 fully saturated rings. The Labute approximate surface area is 132 Å². The molecule has 1 amide bonds. The lowest BCUT2D eigenvalue weighted by atomic mass is 10.2. The van der Waals surface area contributed by atoms with Crippen LogP contribution in [0.2, 0.25) is 0 Å². The minimum atomic E-state index is -0.155. The molecular formula is C14H20N4OS2. The molecule has 0 aliphatic carbocycles. The van der Waals surface area contributed by atoms with Gasteiger partial charge in [0.2, 0.25) is 0 Å². The summed E-state index contributed by atoms with van der Waals surface area (Å²) in [5.74, 6) is 0.648. The lowest BCUT2D eigenvalue weighted by molar-refractivity contribution is 0.0959. The summed E-state index contributed by atoms with van der Waals surface area (Å²) in [7, 11) is 0. The van der Waals surface area contributed by atoms with Crippen molar-refractivity contribution >= 4 is 39.5 Å². The summed E-state index contributed by atoms with van der Waals surface area (Å²) in [4.78, 5) is 16.8. The highest BCUT2D eigenvalue weighted by atomic mass is 32.1. The Balaban J connectivity index is 1.86. The number of thiophene rings is 1. The fourth-order valence-corrected chi connectivity index (χ4v) is 3.21. The van der Waals surface area contributed by atoms with Gasteiger partial charge in [-0.1, -0.05) is 25.2 Å². The van der Waals surface area contributed by atoms with Crippen molar-refractivity contribution in [1.82, 2.24) is 10.3 Å². The van der Waals surface area contributed by atoms with Gasteiger partial charge in [0.15, 0.2) is 5.13 Å². The van der Waals surface area contributed by atoms with Crippen molar-refractivity contribution < 1.29 is 4.79 Å². The lowest BCUT2D eigenvalue weighted by Crippen LogP contribution is -2.25. The second-order valence-corrected chi connectivity index (χ2v) is 6.92. The molecule has 0 radical (unpaired) electrons. The first-order valence-electron chi connectivity index (χ1n) is 6.85. The number of carbonyl (C=O) groups is 1. The number of hydrogen-bond acceptors (Lipinski definition) is 6. The van der Waals surface area contributed by atoms with Crippen LogP contribution in [0.15, 0.2) is 16.8 Å². The van der Waals surface area contributed by atoms with E-state index in [9.17, 15) is 4.79 Å². The van der Waals surface area contributed by atoms with Crippen LogP contribution in [-0.2, 0) is 6.42 Å². The largest absolute Gasteiger partial charge is 0.382 e. The minimum absolute atomic E-state index is 0.155. The highest BCUT2D eigenvalue weighted by Crippen LogP contribution is 2.24. The van der Waals surface area contributed by atoms with Crippen molar-refractivity contribution in [3.63, 3.8) is 0 Å². The molecule has 0 bridgehead atoms. The Morgan fingerprint density at radius 3 is 2.95 bits per heavy atom. The molecule has 0 spiro atoms. The van der Waals surface area contributed by atoms with Crippen LogP contribution < -0.4 is 16.4 Å². The molecule has 7 heteroatoms. The van der Waals surface area contributed by atoms with Crippen molar-refractivity contribution in [3.8, 4) is 0 Å². The van der Waals surface area contributed by atoms with Crippen LogP contribution >= 0.6 is 22.7 Å². The molecule has 114 valence electrons. The highest BCUT2D eigenvalue weighted by Gasteiger charge is 2.15.